The highest BCUT2D eigenvalue weighted by atomic mass is 16.1. The van der Waals surface area contributed by atoms with Crippen LogP contribution in [0.5, 0.6) is 0 Å². The van der Waals surface area contributed by atoms with E-state index in [1.807, 2.05) is 4.57 Å². The van der Waals surface area contributed by atoms with E-state index in [1.165, 1.54) is 11.3 Å². The molecule has 0 radical (unpaired) electrons. The number of aromatic nitrogens is 1. The SMILES string of the molecule is CCCn1c2c(cc(CNCC)c1=O)CN(C)CC2. The van der Waals surface area contributed by atoms with Crippen LogP contribution in [0.4, 0.5) is 0 Å². The highest BCUT2D eigenvalue weighted by Gasteiger charge is 2.19. The molecule has 2 rings (SSSR count). The van der Waals surface area contributed by atoms with Gasteiger partial charge in [0.1, 0.15) is 0 Å². The van der Waals surface area contributed by atoms with Gasteiger partial charge in [-0.2, -0.15) is 0 Å². The first-order valence-electron chi connectivity index (χ1n) is 7.31. The summed E-state index contributed by atoms with van der Waals surface area (Å²) in [7, 11) is 2.14. The third-order valence-corrected chi connectivity index (χ3v) is 3.75. The van der Waals surface area contributed by atoms with Crippen LogP contribution < -0.4 is 10.9 Å². The molecule has 0 aliphatic carbocycles. The van der Waals surface area contributed by atoms with Crippen LogP contribution in [0.25, 0.3) is 0 Å². The Morgan fingerprint density at radius 2 is 2.16 bits per heavy atom. The number of fused-ring (bicyclic) bond motifs is 1. The molecule has 19 heavy (non-hydrogen) atoms. The second-order valence-electron chi connectivity index (χ2n) is 5.37. The summed E-state index contributed by atoms with van der Waals surface area (Å²) in [5, 5.41) is 3.27. The molecule has 0 saturated carbocycles. The lowest BCUT2D eigenvalue weighted by Gasteiger charge is -2.28. The van der Waals surface area contributed by atoms with Gasteiger partial charge in [0.15, 0.2) is 0 Å². The van der Waals surface area contributed by atoms with Crippen molar-refractivity contribution in [1.29, 1.82) is 0 Å². The molecule has 0 spiro atoms. The van der Waals surface area contributed by atoms with Crippen LogP contribution in [-0.2, 0) is 26.1 Å². The Balaban J connectivity index is 2.44. The maximum absolute atomic E-state index is 12.5. The summed E-state index contributed by atoms with van der Waals surface area (Å²) >= 11 is 0. The van der Waals surface area contributed by atoms with Gasteiger partial charge in [0.05, 0.1) is 0 Å². The number of nitrogens with one attached hydrogen (secondary N) is 1. The van der Waals surface area contributed by atoms with Crippen molar-refractivity contribution in [2.24, 2.45) is 0 Å². The fourth-order valence-corrected chi connectivity index (χ4v) is 2.77. The van der Waals surface area contributed by atoms with Crippen LogP contribution in [-0.4, -0.2) is 29.6 Å². The molecular weight excluding hydrogens is 238 g/mol. The second kappa shape index (κ2) is 6.35. The van der Waals surface area contributed by atoms with E-state index in [4.69, 9.17) is 0 Å². The van der Waals surface area contributed by atoms with E-state index < -0.39 is 0 Å². The number of hydrogen-bond donors (Lipinski definition) is 1. The van der Waals surface area contributed by atoms with E-state index >= 15 is 0 Å². The van der Waals surface area contributed by atoms with Gasteiger partial charge in [0.2, 0.25) is 0 Å². The summed E-state index contributed by atoms with van der Waals surface area (Å²) in [6.07, 6.45) is 2.00. The first-order chi connectivity index (χ1) is 9.17. The van der Waals surface area contributed by atoms with Crippen LogP contribution in [0.2, 0.25) is 0 Å². The van der Waals surface area contributed by atoms with Gasteiger partial charge in [-0.1, -0.05) is 13.8 Å². The number of rotatable bonds is 5. The minimum absolute atomic E-state index is 0.200. The Bertz CT molecular complexity index is 493. The monoisotopic (exact) mass is 263 g/mol. The van der Waals surface area contributed by atoms with Crippen molar-refractivity contribution in [3.05, 3.63) is 33.2 Å². The third-order valence-electron chi connectivity index (χ3n) is 3.75. The summed E-state index contributed by atoms with van der Waals surface area (Å²) in [6.45, 7) is 8.60. The van der Waals surface area contributed by atoms with Crippen LogP contribution in [0, 0.1) is 0 Å². The van der Waals surface area contributed by atoms with E-state index in [-0.39, 0.29) is 5.56 Å². The molecule has 2 heterocycles. The molecule has 0 atom stereocenters. The van der Waals surface area contributed by atoms with E-state index in [1.54, 1.807) is 0 Å². The summed E-state index contributed by atoms with van der Waals surface area (Å²) in [6, 6.07) is 2.11. The molecule has 0 aromatic carbocycles. The molecule has 1 N–H and O–H groups in total. The lowest BCUT2D eigenvalue weighted by Crippen LogP contribution is -2.36. The van der Waals surface area contributed by atoms with Crippen molar-refractivity contribution >= 4 is 0 Å². The molecule has 0 bridgehead atoms. The molecule has 1 aliphatic rings. The quantitative estimate of drug-likeness (QED) is 0.871. The van der Waals surface area contributed by atoms with Gasteiger partial charge in [0.25, 0.3) is 5.56 Å². The molecule has 4 heteroatoms. The molecule has 0 saturated heterocycles. The lowest BCUT2D eigenvalue weighted by molar-refractivity contribution is 0.303. The van der Waals surface area contributed by atoms with Crippen LogP contribution >= 0.6 is 0 Å². The minimum atomic E-state index is 0.200. The van der Waals surface area contributed by atoms with Gasteiger partial charge in [-0.25, -0.2) is 0 Å². The average Bonchev–Trinajstić information content (AvgIpc) is 2.40. The Hall–Kier alpha value is -1.13. The molecule has 4 nitrogen and oxygen atoms in total. The Labute approximate surface area is 115 Å². The predicted octanol–water partition coefficient (Wildman–Crippen LogP) is 1.36. The fraction of sp³-hybridized carbons (Fsp3) is 0.667. The van der Waals surface area contributed by atoms with E-state index in [0.717, 1.165) is 44.6 Å². The maximum Gasteiger partial charge on any atom is 0.255 e. The fourth-order valence-electron chi connectivity index (χ4n) is 2.77. The molecule has 1 aromatic rings. The Morgan fingerprint density at radius 3 is 2.84 bits per heavy atom. The zero-order chi connectivity index (χ0) is 13.8. The molecule has 1 aromatic heterocycles. The van der Waals surface area contributed by atoms with Gasteiger partial charge in [0, 0.05) is 43.9 Å². The van der Waals surface area contributed by atoms with Crippen molar-refractivity contribution in [2.75, 3.05) is 20.1 Å². The number of nitrogens with zero attached hydrogens (tertiary/aromatic N) is 2. The standard InChI is InChI=1S/C15H25N3O/c1-4-7-18-14-6-8-17(3)11-13(14)9-12(15(18)19)10-16-5-2/h9,16H,4-8,10-11H2,1-3H3. The average molecular weight is 263 g/mol. The van der Waals surface area contributed by atoms with Gasteiger partial charge in [-0.15, -0.1) is 0 Å². The van der Waals surface area contributed by atoms with Crippen LogP contribution in [0.1, 0.15) is 37.1 Å². The number of likely N-dealkylation sites (N-methyl/N-ethyl adjacent to an activating group) is 1. The topological polar surface area (TPSA) is 37.3 Å². The molecule has 0 fully saturated rings. The zero-order valence-electron chi connectivity index (χ0n) is 12.3. The van der Waals surface area contributed by atoms with Gasteiger partial charge in [-0.3, -0.25) is 4.79 Å². The molecule has 106 valence electrons. The maximum atomic E-state index is 12.5. The summed E-state index contributed by atoms with van der Waals surface area (Å²) in [5.74, 6) is 0. The van der Waals surface area contributed by atoms with E-state index in [9.17, 15) is 4.79 Å². The smallest absolute Gasteiger partial charge is 0.255 e. The number of hydrogen-bond acceptors (Lipinski definition) is 3. The zero-order valence-corrected chi connectivity index (χ0v) is 12.3. The molecular formula is C15H25N3O. The second-order valence-corrected chi connectivity index (χ2v) is 5.37. The van der Waals surface area contributed by atoms with Gasteiger partial charge in [-0.05, 0) is 31.6 Å². The summed E-state index contributed by atoms with van der Waals surface area (Å²) in [4.78, 5) is 14.8. The van der Waals surface area contributed by atoms with Crippen molar-refractivity contribution in [3.63, 3.8) is 0 Å². The lowest BCUT2D eigenvalue weighted by atomic mass is 10.0. The van der Waals surface area contributed by atoms with Crippen LogP contribution in [0.15, 0.2) is 10.9 Å². The summed E-state index contributed by atoms with van der Waals surface area (Å²) in [5.41, 5.74) is 3.69. The van der Waals surface area contributed by atoms with Gasteiger partial charge >= 0.3 is 0 Å². The van der Waals surface area contributed by atoms with Crippen molar-refractivity contribution in [1.82, 2.24) is 14.8 Å². The third kappa shape index (κ3) is 3.07. The van der Waals surface area contributed by atoms with Crippen LogP contribution in [0.3, 0.4) is 0 Å². The molecule has 0 unspecified atom stereocenters. The highest BCUT2D eigenvalue weighted by molar-refractivity contribution is 5.29. The van der Waals surface area contributed by atoms with Crippen molar-refractivity contribution in [3.8, 4) is 0 Å². The van der Waals surface area contributed by atoms with Crippen molar-refractivity contribution < 1.29 is 0 Å². The molecule has 0 amide bonds. The summed E-state index contributed by atoms with van der Waals surface area (Å²) < 4.78 is 2.01. The molecule has 1 aliphatic heterocycles. The van der Waals surface area contributed by atoms with E-state index in [2.05, 4.69) is 37.2 Å². The predicted molar refractivity (Wildman–Crippen MR) is 78.4 cm³/mol. The van der Waals surface area contributed by atoms with E-state index in [0.29, 0.717) is 6.54 Å². The Kier molecular flexibility index (Phi) is 4.77. The Morgan fingerprint density at radius 1 is 1.37 bits per heavy atom. The first-order valence-corrected chi connectivity index (χ1v) is 7.31. The largest absolute Gasteiger partial charge is 0.313 e. The number of pyridine rings is 1. The van der Waals surface area contributed by atoms with Crippen molar-refractivity contribution in [2.45, 2.75) is 46.3 Å². The minimum Gasteiger partial charge on any atom is -0.313 e. The first kappa shape index (κ1) is 14.3. The van der Waals surface area contributed by atoms with Gasteiger partial charge < -0.3 is 14.8 Å². The highest BCUT2D eigenvalue weighted by Crippen LogP contribution is 2.18. The normalized spacial score (nSPS) is 15.5.